The number of ether oxygens (including phenoxy) is 1. The van der Waals surface area contributed by atoms with E-state index in [4.69, 9.17) is 4.74 Å². The second-order valence-corrected chi connectivity index (χ2v) is 12.9. The molecular weight excluding hydrogens is 565 g/mol. The number of aryl methyl sites for hydroxylation is 1. The van der Waals surface area contributed by atoms with Crippen molar-refractivity contribution >= 4 is 51.6 Å². The number of esters is 1. The normalized spacial score (nSPS) is 14.9. The van der Waals surface area contributed by atoms with E-state index in [0.717, 1.165) is 40.2 Å². The van der Waals surface area contributed by atoms with Gasteiger partial charge in [-0.1, -0.05) is 54.1 Å². The van der Waals surface area contributed by atoms with E-state index >= 15 is 0 Å². The van der Waals surface area contributed by atoms with Crippen LogP contribution in [0, 0.1) is 6.92 Å². The molecule has 5 rings (SSSR count). The molecule has 0 aliphatic heterocycles. The molecule has 1 aliphatic rings. The van der Waals surface area contributed by atoms with Gasteiger partial charge in [-0.25, -0.2) is 4.79 Å². The van der Waals surface area contributed by atoms with Crippen LogP contribution in [0.4, 0.5) is 10.7 Å². The third-order valence-electron chi connectivity index (χ3n) is 7.34. The largest absolute Gasteiger partial charge is 0.462 e. The second kappa shape index (κ2) is 13.4. The molecule has 42 heavy (non-hydrogen) atoms. The summed E-state index contributed by atoms with van der Waals surface area (Å²) in [6, 6.07) is 25.3. The summed E-state index contributed by atoms with van der Waals surface area (Å²) in [7, 11) is 0. The van der Waals surface area contributed by atoms with Crippen LogP contribution in [0.15, 0.2) is 83.8 Å². The fraction of sp³-hybridized carbons (Fsp3) is 0.265. The Balaban J connectivity index is 1.28. The molecule has 1 aromatic heterocycles. The van der Waals surface area contributed by atoms with E-state index in [1.807, 2.05) is 56.3 Å². The Morgan fingerprint density at radius 3 is 2.50 bits per heavy atom. The Morgan fingerprint density at radius 1 is 1.00 bits per heavy atom. The maximum absolute atomic E-state index is 13.4. The maximum atomic E-state index is 13.4. The summed E-state index contributed by atoms with van der Waals surface area (Å²) < 4.78 is 5.40. The first-order valence-corrected chi connectivity index (χ1v) is 15.8. The SMILES string of the molecule is CCOC(=O)c1c(NC(=O)C(C)Sc2cccc(NC(=O)c3ccc(C)cc3)c2)sc2c1CCC(c1ccccc1)C2. The lowest BCUT2D eigenvalue weighted by atomic mass is 9.83. The van der Waals surface area contributed by atoms with Gasteiger partial charge in [0, 0.05) is 21.0 Å². The van der Waals surface area contributed by atoms with Crippen LogP contribution in [-0.2, 0) is 22.4 Å². The standard InChI is InChI=1S/C34H34N2O4S2/c1-4-40-34(39)30-28-18-17-25(23-9-6-5-7-10-23)19-29(28)42-33(30)36-31(37)22(3)41-27-12-8-11-26(20-27)35-32(38)24-15-13-21(2)14-16-24/h5-16,20,22,25H,4,17-19H2,1-3H3,(H,35,38)(H,36,37). The van der Waals surface area contributed by atoms with Crippen molar-refractivity contribution in [3.05, 3.63) is 112 Å². The lowest BCUT2D eigenvalue weighted by molar-refractivity contribution is -0.115. The number of carbonyl (C=O) groups is 3. The molecule has 2 atom stereocenters. The number of hydrogen-bond acceptors (Lipinski definition) is 6. The predicted molar refractivity (Wildman–Crippen MR) is 171 cm³/mol. The van der Waals surface area contributed by atoms with Gasteiger partial charge in [0.05, 0.1) is 17.4 Å². The summed E-state index contributed by atoms with van der Waals surface area (Å²) in [5.41, 5.74) is 5.11. The molecule has 2 unspecified atom stereocenters. The van der Waals surface area contributed by atoms with Crippen molar-refractivity contribution in [2.75, 3.05) is 17.2 Å². The Kier molecular flexibility index (Phi) is 9.45. The molecule has 8 heteroatoms. The number of benzene rings is 3. The zero-order chi connectivity index (χ0) is 29.6. The van der Waals surface area contributed by atoms with Crippen LogP contribution < -0.4 is 10.6 Å². The minimum Gasteiger partial charge on any atom is -0.462 e. The van der Waals surface area contributed by atoms with Gasteiger partial charge in [0.1, 0.15) is 5.00 Å². The summed E-state index contributed by atoms with van der Waals surface area (Å²) in [5, 5.41) is 6.09. The van der Waals surface area contributed by atoms with Gasteiger partial charge in [0.25, 0.3) is 5.91 Å². The number of carbonyl (C=O) groups excluding carboxylic acids is 3. The Morgan fingerprint density at radius 2 is 1.76 bits per heavy atom. The van der Waals surface area contributed by atoms with E-state index in [1.165, 1.54) is 28.7 Å². The van der Waals surface area contributed by atoms with E-state index in [1.54, 1.807) is 19.1 Å². The molecule has 216 valence electrons. The number of fused-ring (bicyclic) bond motifs is 1. The molecule has 0 saturated carbocycles. The molecule has 2 amide bonds. The van der Waals surface area contributed by atoms with E-state index in [-0.39, 0.29) is 24.4 Å². The zero-order valence-corrected chi connectivity index (χ0v) is 25.6. The Bertz CT molecular complexity index is 1580. The number of anilines is 2. The van der Waals surface area contributed by atoms with Crippen molar-refractivity contribution < 1.29 is 19.1 Å². The average molecular weight is 599 g/mol. The topological polar surface area (TPSA) is 84.5 Å². The second-order valence-electron chi connectivity index (χ2n) is 10.4. The molecule has 1 aliphatic carbocycles. The minimum atomic E-state index is -0.445. The number of thiophene rings is 1. The molecule has 0 radical (unpaired) electrons. The van der Waals surface area contributed by atoms with Gasteiger partial charge in [-0.3, -0.25) is 9.59 Å². The highest BCUT2D eigenvalue weighted by Crippen LogP contribution is 2.43. The average Bonchev–Trinajstić information content (AvgIpc) is 3.35. The number of amides is 2. The van der Waals surface area contributed by atoms with Gasteiger partial charge in [0.2, 0.25) is 5.91 Å². The highest BCUT2D eigenvalue weighted by Gasteiger charge is 2.31. The molecule has 4 aromatic rings. The number of hydrogen-bond donors (Lipinski definition) is 2. The smallest absolute Gasteiger partial charge is 0.341 e. The van der Waals surface area contributed by atoms with Gasteiger partial charge in [0.15, 0.2) is 0 Å². The van der Waals surface area contributed by atoms with E-state index in [2.05, 4.69) is 34.9 Å². The first-order valence-electron chi connectivity index (χ1n) is 14.1. The highest BCUT2D eigenvalue weighted by atomic mass is 32.2. The van der Waals surface area contributed by atoms with E-state index < -0.39 is 5.25 Å². The zero-order valence-electron chi connectivity index (χ0n) is 23.9. The molecule has 2 N–H and O–H groups in total. The van der Waals surface area contributed by atoms with Gasteiger partial charge < -0.3 is 15.4 Å². The van der Waals surface area contributed by atoms with Crippen LogP contribution in [0.1, 0.15) is 68.5 Å². The molecule has 0 bridgehead atoms. The molecule has 0 spiro atoms. The van der Waals surface area contributed by atoms with Crippen LogP contribution in [0.2, 0.25) is 0 Å². The van der Waals surface area contributed by atoms with Crippen LogP contribution in [0.3, 0.4) is 0 Å². The van der Waals surface area contributed by atoms with Crippen molar-refractivity contribution in [2.45, 2.75) is 56.1 Å². The molecular formula is C34H34N2O4S2. The molecule has 3 aromatic carbocycles. The third kappa shape index (κ3) is 6.94. The number of nitrogens with one attached hydrogen (secondary N) is 2. The molecule has 1 heterocycles. The minimum absolute atomic E-state index is 0.189. The first-order chi connectivity index (χ1) is 20.3. The van der Waals surface area contributed by atoms with E-state index in [9.17, 15) is 14.4 Å². The third-order valence-corrected chi connectivity index (χ3v) is 9.60. The summed E-state index contributed by atoms with van der Waals surface area (Å²) in [4.78, 5) is 41.1. The van der Waals surface area contributed by atoms with Crippen molar-refractivity contribution in [1.29, 1.82) is 0 Å². The van der Waals surface area contributed by atoms with Gasteiger partial charge in [-0.15, -0.1) is 23.1 Å². The van der Waals surface area contributed by atoms with E-state index in [0.29, 0.717) is 27.7 Å². The summed E-state index contributed by atoms with van der Waals surface area (Å²) in [6.45, 7) is 5.87. The van der Waals surface area contributed by atoms with Crippen LogP contribution in [-0.4, -0.2) is 29.6 Å². The highest BCUT2D eigenvalue weighted by molar-refractivity contribution is 8.00. The quantitative estimate of drug-likeness (QED) is 0.151. The maximum Gasteiger partial charge on any atom is 0.341 e. The lowest BCUT2D eigenvalue weighted by Crippen LogP contribution is -2.23. The summed E-state index contributed by atoms with van der Waals surface area (Å²) in [6.07, 6.45) is 2.54. The fourth-order valence-electron chi connectivity index (χ4n) is 5.13. The number of rotatable bonds is 9. The summed E-state index contributed by atoms with van der Waals surface area (Å²) in [5.74, 6) is -0.395. The van der Waals surface area contributed by atoms with Crippen molar-refractivity contribution in [1.82, 2.24) is 0 Å². The fourth-order valence-corrected chi connectivity index (χ4v) is 7.37. The van der Waals surface area contributed by atoms with Crippen molar-refractivity contribution in [2.24, 2.45) is 0 Å². The van der Waals surface area contributed by atoms with Crippen molar-refractivity contribution in [3.63, 3.8) is 0 Å². The molecule has 0 saturated heterocycles. The Labute approximate surface area is 254 Å². The first kappa shape index (κ1) is 29.6. The van der Waals surface area contributed by atoms with Crippen LogP contribution in [0.5, 0.6) is 0 Å². The molecule has 6 nitrogen and oxygen atoms in total. The Hall–Kier alpha value is -3.88. The monoisotopic (exact) mass is 598 g/mol. The van der Waals surface area contributed by atoms with Crippen molar-refractivity contribution in [3.8, 4) is 0 Å². The van der Waals surface area contributed by atoms with Crippen LogP contribution >= 0.6 is 23.1 Å². The van der Waals surface area contributed by atoms with Gasteiger partial charge in [-0.2, -0.15) is 0 Å². The summed E-state index contributed by atoms with van der Waals surface area (Å²) >= 11 is 2.88. The number of thioether (sulfide) groups is 1. The van der Waals surface area contributed by atoms with Gasteiger partial charge in [-0.05, 0) is 87.4 Å². The predicted octanol–water partition coefficient (Wildman–Crippen LogP) is 7.88. The lowest BCUT2D eigenvalue weighted by Gasteiger charge is -2.23. The molecule has 0 fully saturated rings. The van der Waals surface area contributed by atoms with Gasteiger partial charge >= 0.3 is 5.97 Å². The van der Waals surface area contributed by atoms with Crippen LogP contribution in [0.25, 0.3) is 0 Å².